The van der Waals surface area contributed by atoms with Gasteiger partial charge in [0.15, 0.2) is 0 Å². The Morgan fingerprint density at radius 2 is 2.04 bits per heavy atom. The van der Waals surface area contributed by atoms with Crippen molar-refractivity contribution in [3.8, 4) is 0 Å². The highest BCUT2D eigenvalue weighted by atomic mass is 32.2. The number of carbonyl (C=O) groups excluding carboxylic acids is 1. The van der Waals surface area contributed by atoms with E-state index >= 15 is 0 Å². The molecule has 128 valence electrons. The van der Waals surface area contributed by atoms with Crippen LogP contribution in [-0.4, -0.2) is 50.2 Å². The maximum absolute atomic E-state index is 13.7. The van der Waals surface area contributed by atoms with E-state index in [9.17, 15) is 22.0 Å². The summed E-state index contributed by atoms with van der Waals surface area (Å²) in [6, 6.07) is 2.29. The number of amides is 1. The Morgan fingerprint density at radius 3 is 2.65 bits per heavy atom. The molecule has 9 heteroatoms. The SMILES string of the molecule is CN(C)S(=O)(=O)N[C@@H]1CCCN(Cc2ccc(F)cc2F)C1=O. The summed E-state index contributed by atoms with van der Waals surface area (Å²) in [5, 5.41) is 0. The van der Waals surface area contributed by atoms with Crippen LogP contribution in [0, 0.1) is 11.6 Å². The van der Waals surface area contributed by atoms with E-state index in [0.29, 0.717) is 19.4 Å². The maximum Gasteiger partial charge on any atom is 0.279 e. The van der Waals surface area contributed by atoms with Crippen molar-refractivity contribution < 1.29 is 22.0 Å². The average molecular weight is 347 g/mol. The zero-order valence-electron chi connectivity index (χ0n) is 12.9. The van der Waals surface area contributed by atoms with Gasteiger partial charge in [-0.15, -0.1) is 0 Å². The molecular weight excluding hydrogens is 328 g/mol. The van der Waals surface area contributed by atoms with Crippen LogP contribution in [0.4, 0.5) is 8.78 Å². The Hall–Kier alpha value is -1.58. The monoisotopic (exact) mass is 347 g/mol. The Kier molecular flexibility index (Phi) is 5.33. The summed E-state index contributed by atoms with van der Waals surface area (Å²) >= 11 is 0. The van der Waals surface area contributed by atoms with Gasteiger partial charge < -0.3 is 4.90 Å². The van der Waals surface area contributed by atoms with Crippen LogP contribution in [0.1, 0.15) is 18.4 Å². The summed E-state index contributed by atoms with van der Waals surface area (Å²) in [7, 11) is -1.00. The van der Waals surface area contributed by atoms with E-state index in [2.05, 4.69) is 4.72 Å². The lowest BCUT2D eigenvalue weighted by atomic mass is 10.0. The van der Waals surface area contributed by atoms with Gasteiger partial charge in [0.05, 0.1) is 0 Å². The molecule has 0 spiro atoms. The number of piperidine rings is 1. The van der Waals surface area contributed by atoms with Crippen molar-refractivity contribution in [2.75, 3.05) is 20.6 Å². The van der Waals surface area contributed by atoms with E-state index in [0.717, 1.165) is 16.4 Å². The molecular formula is C14H19F2N3O3S. The molecule has 1 aromatic carbocycles. The average Bonchev–Trinajstić information content (AvgIpc) is 2.45. The number of nitrogens with zero attached hydrogens (tertiary/aromatic N) is 2. The molecule has 1 heterocycles. The van der Waals surface area contributed by atoms with Gasteiger partial charge in [-0.1, -0.05) is 6.07 Å². The van der Waals surface area contributed by atoms with Crippen molar-refractivity contribution in [3.05, 3.63) is 35.4 Å². The molecule has 2 rings (SSSR count). The predicted molar refractivity (Wildman–Crippen MR) is 80.5 cm³/mol. The molecule has 0 aliphatic carbocycles. The van der Waals surface area contributed by atoms with Gasteiger partial charge in [-0.3, -0.25) is 4.79 Å². The van der Waals surface area contributed by atoms with Gasteiger partial charge in [0.25, 0.3) is 10.2 Å². The van der Waals surface area contributed by atoms with Crippen LogP contribution in [0.25, 0.3) is 0 Å². The van der Waals surface area contributed by atoms with E-state index in [1.807, 2.05) is 0 Å². The fraction of sp³-hybridized carbons (Fsp3) is 0.500. The molecule has 1 fully saturated rings. The van der Waals surface area contributed by atoms with E-state index in [-0.39, 0.29) is 12.1 Å². The van der Waals surface area contributed by atoms with Gasteiger partial charge in [-0.2, -0.15) is 17.4 Å². The van der Waals surface area contributed by atoms with Gasteiger partial charge in [-0.05, 0) is 18.9 Å². The van der Waals surface area contributed by atoms with Crippen LogP contribution in [-0.2, 0) is 21.5 Å². The number of halogens is 2. The van der Waals surface area contributed by atoms with Gasteiger partial charge in [0.1, 0.15) is 17.7 Å². The van der Waals surface area contributed by atoms with E-state index in [1.54, 1.807) is 0 Å². The van der Waals surface area contributed by atoms with Gasteiger partial charge in [0, 0.05) is 38.8 Å². The predicted octanol–water partition coefficient (Wildman–Crippen LogP) is 0.852. The van der Waals surface area contributed by atoms with Crippen molar-refractivity contribution in [3.63, 3.8) is 0 Å². The Labute approximate surface area is 134 Å². The number of rotatable bonds is 5. The van der Waals surface area contributed by atoms with Crippen LogP contribution in [0.3, 0.4) is 0 Å². The van der Waals surface area contributed by atoms with Crippen LogP contribution < -0.4 is 4.72 Å². The Balaban J connectivity index is 2.10. The third kappa shape index (κ3) is 4.24. The molecule has 0 aromatic heterocycles. The van der Waals surface area contributed by atoms with E-state index in [1.165, 1.54) is 25.1 Å². The molecule has 1 aliphatic rings. The number of hydrogen-bond donors (Lipinski definition) is 1. The highest BCUT2D eigenvalue weighted by Crippen LogP contribution is 2.18. The first-order valence-electron chi connectivity index (χ1n) is 7.13. The minimum atomic E-state index is -3.73. The molecule has 6 nitrogen and oxygen atoms in total. The quantitative estimate of drug-likeness (QED) is 0.859. The summed E-state index contributed by atoms with van der Waals surface area (Å²) in [6.45, 7) is 0.376. The number of likely N-dealkylation sites (tertiary alicyclic amines) is 1. The molecule has 1 atom stereocenters. The van der Waals surface area contributed by atoms with E-state index < -0.39 is 33.8 Å². The Morgan fingerprint density at radius 1 is 1.35 bits per heavy atom. The van der Waals surface area contributed by atoms with E-state index in [4.69, 9.17) is 0 Å². The fourth-order valence-corrected chi connectivity index (χ4v) is 3.14. The Bertz CT molecular complexity index is 695. The summed E-state index contributed by atoms with van der Waals surface area (Å²) in [4.78, 5) is 13.8. The molecule has 1 saturated heterocycles. The molecule has 1 aliphatic heterocycles. The largest absolute Gasteiger partial charge is 0.337 e. The van der Waals surface area contributed by atoms with Gasteiger partial charge in [0.2, 0.25) is 5.91 Å². The molecule has 1 N–H and O–H groups in total. The van der Waals surface area contributed by atoms with Gasteiger partial charge in [-0.25, -0.2) is 8.78 Å². The third-order valence-corrected chi connectivity index (χ3v) is 5.22. The number of carbonyl (C=O) groups is 1. The maximum atomic E-state index is 13.7. The minimum Gasteiger partial charge on any atom is -0.337 e. The number of nitrogens with one attached hydrogen (secondary N) is 1. The van der Waals surface area contributed by atoms with Crippen molar-refractivity contribution in [2.24, 2.45) is 0 Å². The molecule has 0 unspecified atom stereocenters. The third-order valence-electron chi connectivity index (χ3n) is 3.68. The standard InChI is InChI=1S/C14H19F2N3O3S/c1-18(2)23(21,22)17-13-4-3-7-19(14(13)20)9-10-5-6-11(15)8-12(10)16/h5-6,8,13,17H,3-4,7,9H2,1-2H3/t13-/m1/s1. The number of benzene rings is 1. The second-order valence-electron chi connectivity index (χ2n) is 5.60. The second kappa shape index (κ2) is 6.90. The smallest absolute Gasteiger partial charge is 0.279 e. The van der Waals surface area contributed by atoms with Gasteiger partial charge >= 0.3 is 0 Å². The first-order valence-corrected chi connectivity index (χ1v) is 8.57. The molecule has 23 heavy (non-hydrogen) atoms. The lowest BCUT2D eigenvalue weighted by Crippen LogP contribution is -2.53. The summed E-state index contributed by atoms with van der Waals surface area (Å²) in [5.74, 6) is -1.83. The molecule has 0 radical (unpaired) electrons. The van der Waals surface area contributed by atoms with Crippen molar-refractivity contribution in [1.29, 1.82) is 0 Å². The normalized spacial score (nSPS) is 19.4. The lowest BCUT2D eigenvalue weighted by molar-refractivity contribution is -0.136. The number of hydrogen-bond acceptors (Lipinski definition) is 3. The van der Waals surface area contributed by atoms with Crippen LogP contribution >= 0.6 is 0 Å². The summed E-state index contributed by atoms with van der Waals surface area (Å²) in [5.41, 5.74) is 0.191. The van der Waals surface area contributed by atoms with Crippen LogP contribution in [0.15, 0.2) is 18.2 Å². The lowest BCUT2D eigenvalue weighted by Gasteiger charge is -2.33. The second-order valence-corrected chi connectivity index (χ2v) is 7.51. The van der Waals surface area contributed by atoms with Crippen molar-refractivity contribution >= 4 is 16.1 Å². The summed E-state index contributed by atoms with van der Waals surface area (Å²) < 4.78 is 53.6. The van der Waals surface area contributed by atoms with Crippen molar-refractivity contribution in [1.82, 2.24) is 13.9 Å². The molecule has 1 amide bonds. The minimum absolute atomic E-state index is 0.0227. The highest BCUT2D eigenvalue weighted by Gasteiger charge is 2.32. The van der Waals surface area contributed by atoms with Crippen LogP contribution in [0.5, 0.6) is 0 Å². The van der Waals surface area contributed by atoms with Crippen molar-refractivity contribution in [2.45, 2.75) is 25.4 Å². The topological polar surface area (TPSA) is 69.7 Å². The first-order chi connectivity index (χ1) is 10.7. The summed E-state index contributed by atoms with van der Waals surface area (Å²) in [6.07, 6.45) is 0.976. The first kappa shape index (κ1) is 17.8. The van der Waals surface area contributed by atoms with Crippen LogP contribution in [0.2, 0.25) is 0 Å². The fourth-order valence-electron chi connectivity index (χ4n) is 2.35. The molecule has 0 saturated carbocycles. The highest BCUT2D eigenvalue weighted by molar-refractivity contribution is 7.87. The zero-order valence-corrected chi connectivity index (χ0v) is 13.7. The molecule has 1 aromatic rings. The molecule has 0 bridgehead atoms. The zero-order chi connectivity index (χ0) is 17.2.